The summed E-state index contributed by atoms with van der Waals surface area (Å²) in [7, 11) is 0. The number of pyridine rings is 1. The Hall–Kier alpha value is -7.75. The van der Waals surface area contributed by atoms with Crippen molar-refractivity contribution in [2.45, 2.75) is 0 Å². The zero-order valence-electron chi connectivity index (χ0n) is 31.4. The molecule has 0 unspecified atom stereocenters. The van der Waals surface area contributed by atoms with Gasteiger partial charge < -0.3 is 9.13 Å². The third kappa shape index (κ3) is 4.36. The van der Waals surface area contributed by atoms with Gasteiger partial charge in [-0.25, -0.2) is 0 Å². The van der Waals surface area contributed by atoms with E-state index in [2.05, 4.69) is 209 Å². The molecule has 268 valence electrons. The zero-order chi connectivity index (χ0) is 37.9. The van der Waals surface area contributed by atoms with Crippen LogP contribution in [0.4, 0.5) is 0 Å². The third-order valence-corrected chi connectivity index (χ3v) is 12.5. The first-order chi connectivity index (χ1) is 28.8. The second-order valence-corrected chi connectivity index (χ2v) is 15.5. The van der Waals surface area contributed by atoms with Crippen molar-refractivity contribution < 1.29 is 0 Å². The monoisotopic (exact) mass is 735 g/mol. The van der Waals surface area contributed by atoms with Gasteiger partial charge in [-0.2, -0.15) is 0 Å². The molecule has 9 aromatic carbocycles. The molecular weight excluding hydrogens is 703 g/mol. The van der Waals surface area contributed by atoms with Crippen LogP contribution in [0.2, 0.25) is 0 Å². The summed E-state index contributed by atoms with van der Waals surface area (Å²) in [5.74, 6) is 0. The molecule has 0 saturated heterocycles. The number of benzene rings is 9. The smallest absolute Gasteiger partial charge is 0.0781 e. The number of fused-ring (bicyclic) bond motifs is 11. The minimum Gasteiger partial charge on any atom is -0.309 e. The van der Waals surface area contributed by atoms with Crippen LogP contribution in [0.3, 0.4) is 0 Å². The fraction of sp³-hybridized carbons (Fsp3) is 0. The van der Waals surface area contributed by atoms with Gasteiger partial charge in [0.05, 0.1) is 27.8 Å². The Balaban J connectivity index is 0.979. The number of hydrogen-bond donors (Lipinski definition) is 0. The molecule has 13 rings (SSSR count). The highest BCUT2D eigenvalue weighted by Gasteiger charge is 2.24. The predicted octanol–water partition coefficient (Wildman–Crippen LogP) is 14.6. The largest absolute Gasteiger partial charge is 0.309 e. The van der Waals surface area contributed by atoms with Crippen molar-refractivity contribution in [1.82, 2.24) is 14.1 Å². The van der Waals surface area contributed by atoms with E-state index in [1.807, 2.05) is 0 Å². The van der Waals surface area contributed by atoms with Crippen LogP contribution in [0.15, 0.2) is 200 Å². The summed E-state index contributed by atoms with van der Waals surface area (Å²) in [4.78, 5) is 5.14. The van der Waals surface area contributed by atoms with Gasteiger partial charge >= 0.3 is 0 Å². The molecule has 0 N–H and O–H groups in total. The first-order valence-corrected chi connectivity index (χ1v) is 20.0. The fourth-order valence-corrected chi connectivity index (χ4v) is 9.96. The number of hydrogen-bond acceptors (Lipinski definition) is 1. The molecule has 0 bridgehead atoms. The standard InChI is InChI=1S/C55H33N3/c1-2-14-38(15-3-1)57-51-28-26-36(32-47(51)54-40-17-5-4-12-34(40)24-29-52(54)57)35-25-27-50-46(31-35)43-20-8-9-23-49(43)58(50)39-16-10-13-37(30-39)55-45-22-11-21-44-41-18-6-7-19-42(41)48(33-56-55)53(44)45/h1-33H. The van der Waals surface area contributed by atoms with Gasteiger partial charge in [0, 0.05) is 61.0 Å². The highest BCUT2D eigenvalue weighted by atomic mass is 15.0. The fourth-order valence-electron chi connectivity index (χ4n) is 9.96. The lowest BCUT2D eigenvalue weighted by Gasteiger charge is -2.12. The Bertz CT molecular complexity index is 3650. The van der Waals surface area contributed by atoms with Crippen LogP contribution < -0.4 is 0 Å². The van der Waals surface area contributed by atoms with Gasteiger partial charge in [0.25, 0.3) is 0 Å². The highest BCUT2D eigenvalue weighted by Crippen LogP contribution is 2.49. The number of aromatic nitrogens is 3. The van der Waals surface area contributed by atoms with Crippen LogP contribution in [0, 0.1) is 0 Å². The van der Waals surface area contributed by atoms with Gasteiger partial charge in [0.1, 0.15) is 0 Å². The maximum absolute atomic E-state index is 5.14. The number of nitrogens with zero attached hydrogens (tertiary/aromatic N) is 3. The first kappa shape index (κ1) is 31.5. The molecule has 58 heavy (non-hydrogen) atoms. The number of rotatable bonds is 4. The van der Waals surface area contributed by atoms with Crippen LogP contribution in [0.5, 0.6) is 0 Å². The Kier molecular flexibility index (Phi) is 6.44. The summed E-state index contributed by atoms with van der Waals surface area (Å²) in [6, 6.07) is 71.0. The maximum atomic E-state index is 5.14. The average molecular weight is 736 g/mol. The molecule has 0 aliphatic heterocycles. The van der Waals surface area contributed by atoms with Gasteiger partial charge in [-0.15, -0.1) is 0 Å². The van der Waals surface area contributed by atoms with Gasteiger partial charge in [-0.1, -0.05) is 133 Å². The molecule has 3 heteroatoms. The van der Waals surface area contributed by atoms with E-state index in [1.165, 1.54) is 104 Å². The van der Waals surface area contributed by atoms with E-state index in [0.29, 0.717) is 0 Å². The van der Waals surface area contributed by atoms with Crippen molar-refractivity contribution in [3.05, 3.63) is 200 Å². The molecule has 3 heterocycles. The highest BCUT2D eigenvalue weighted by molar-refractivity contribution is 6.22. The van der Waals surface area contributed by atoms with Crippen LogP contribution in [0.25, 0.3) is 121 Å². The topological polar surface area (TPSA) is 22.8 Å². The first-order valence-electron chi connectivity index (χ1n) is 20.0. The molecule has 0 atom stereocenters. The van der Waals surface area contributed by atoms with Gasteiger partial charge in [-0.05, 0) is 99.3 Å². The summed E-state index contributed by atoms with van der Waals surface area (Å²) < 4.78 is 4.82. The predicted molar refractivity (Wildman–Crippen MR) is 243 cm³/mol. The Morgan fingerprint density at radius 1 is 0.310 bits per heavy atom. The second-order valence-electron chi connectivity index (χ2n) is 15.5. The molecule has 3 nitrogen and oxygen atoms in total. The molecule has 0 radical (unpaired) electrons. The molecule has 0 amide bonds. The van der Waals surface area contributed by atoms with Crippen LogP contribution in [-0.2, 0) is 0 Å². The Labute approximate surface area is 334 Å². The molecular formula is C55H33N3. The molecule has 0 spiro atoms. The van der Waals surface area contributed by atoms with Gasteiger partial charge in [-0.3, -0.25) is 4.98 Å². The molecule has 12 aromatic rings. The van der Waals surface area contributed by atoms with E-state index in [-0.39, 0.29) is 0 Å². The van der Waals surface area contributed by atoms with E-state index < -0.39 is 0 Å². The van der Waals surface area contributed by atoms with Crippen molar-refractivity contribution in [1.29, 1.82) is 0 Å². The zero-order valence-corrected chi connectivity index (χ0v) is 31.4. The lowest BCUT2D eigenvalue weighted by atomic mass is 9.99. The minimum atomic E-state index is 1.01. The summed E-state index contributed by atoms with van der Waals surface area (Å²) >= 11 is 0. The summed E-state index contributed by atoms with van der Waals surface area (Å²) in [6.45, 7) is 0. The lowest BCUT2D eigenvalue weighted by molar-refractivity contribution is 1.18. The maximum Gasteiger partial charge on any atom is 0.0781 e. The van der Waals surface area contributed by atoms with Crippen molar-refractivity contribution in [3.63, 3.8) is 0 Å². The quantitative estimate of drug-likeness (QED) is 0.176. The van der Waals surface area contributed by atoms with Crippen LogP contribution in [0.1, 0.15) is 0 Å². The third-order valence-electron chi connectivity index (χ3n) is 12.5. The van der Waals surface area contributed by atoms with Crippen LogP contribution >= 0.6 is 0 Å². The SMILES string of the molecule is c1ccc(-n2c3ccc(-c4ccc5c(c4)c4ccccc4n5-c4cccc(-c5ncc6c7c(cccc57)-c5ccccc5-6)c4)cc3c3c4ccccc4ccc32)cc1. The minimum absolute atomic E-state index is 1.01. The van der Waals surface area contributed by atoms with Crippen molar-refractivity contribution >= 4 is 65.2 Å². The van der Waals surface area contributed by atoms with E-state index in [1.54, 1.807) is 0 Å². The van der Waals surface area contributed by atoms with Crippen molar-refractivity contribution in [2.75, 3.05) is 0 Å². The van der Waals surface area contributed by atoms with Gasteiger partial charge in [0.15, 0.2) is 0 Å². The summed E-state index contributed by atoms with van der Waals surface area (Å²) in [6.07, 6.45) is 2.07. The van der Waals surface area contributed by atoms with Crippen LogP contribution in [-0.4, -0.2) is 14.1 Å². The molecule has 0 saturated carbocycles. The van der Waals surface area contributed by atoms with E-state index in [4.69, 9.17) is 4.98 Å². The summed E-state index contributed by atoms with van der Waals surface area (Å²) in [5.41, 5.74) is 16.6. The van der Waals surface area contributed by atoms with Gasteiger partial charge in [0.2, 0.25) is 0 Å². The Morgan fingerprint density at radius 2 is 0.914 bits per heavy atom. The molecule has 1 aliphatic rings. The normalized spacial score (nSPS) is 12.1. The summed E-state index contributed by atoms with van der Waals surface area (Å²) in [5, 5.41) is 10.0. The Morgan fingerprint density at radius 3 is 1.78 bits per heavy atom. The molecule has 0 fully saturated rings. The lowest BCUT2D eigenvalue weighted by Crippen LogP contribution is -1.95. The second kappa shape index (κ2) is 11.9. The number of para-hydroxylation sites is 2. The van der Waals surface area contributed by atoms with Crippen molar-refractivity contribution in [3.8, 4) is 56.0 Å². The van der Waals surface area contributed by atoms with Crippen molar-refractivity contribution in [2.24, 2.45) is 0 Å². The molecule has 1 aliphatic carbocycles. The average Bonchev–Trinajstić information content (AvgIpc) is 3.93. The van der Waals surface area contributed by atoms with E-state index in [9.17, 15) is 0 Å². The van der Waals surface area contributed by atoms with E-state index in [0.717, 1.165) is 16.9 Å². The van der Waals surface area contributed by atoms with E-state index >= 15 is 0 Å². The molecule has 3 aromatic heterocycles.